The number of nitrogens with zero attached hydrogens (tertiary/aromatic N) is 5. The molecule has 0 saturated heterocycles. The molecule has 0 aliphatic rings. The zero-order chi connectivity index (χ0) is 17.6. The van der Waals surface area contributed by atoms with E-state index in [2.05, 4.69) is 20.3 Å². The quantitative estimate of drug-likeness (QED) is 0.496. The molecule has 0 unspecified atom stereocenters. The zero-order valence-corrected chi connectivity index (χ0v) is 13.9. The fourth-order valence-electron chi connectivity index (χ4n) is 2.02. The molecule has 0 N–H and O–H groups in total. The second-order valence-electron chi connectivity index (χ2n) is 4.76. The predicted molar refractivity (Wildman–Crippen MR) is 91.1 cm³/mol. The van der Waals surface area contributed by atoms with Crippen molar-refractivity contribution >= 4 is 18.0 Å². The predicted octanol–water partition coefficient (Wildman–Crippen LogP) is 3.55. The van der Waals surface area contributed by atoms with Gasteiger partial charge in [0, 0.05) is 23.5 Å². The van der Waals surface area contributed by atoms with Gasteiger partial charge in [0.2, 0.25) is 5.16 Å². The molecule has 0 aliphatic carbocycles. The average Bonchev–Trinajstić information content (AvgIpc) is 3.02. The van der Waals surface area contributed by atoms with Gasteiger partial charge in [-0.15, -0.1) is 10.2 Å². The lowest BCUT2D eigenvalue weighted by Crippen LogP contribution is -1.98. The monoisotopic (exact) mass is 361 g/mol. The molecule has 0 spiro atoms. The van der Waals surface area contributed by atoms with Crippen molar-refractivity contribution in [3.63, 3.8) is 0 Å². The van der Waals surface area contributed by atoms with Crippen LogP contribution in [0.15, 0.2) is 59.0 Å². The molecule has 9 heteroatoms. The van der Waals surface area contributed by atoms with E-state index in [1.54, 1.807) is 55.9 Å². The van der Waals surface area contributed by atoms with Gasteiger partial charge >= 0.3 is 0 Å². The lowest BCUT2D eigenvalue weighted by atomic mass is 10.2. The highest BCUT2D eigenvalue weighted by Crippen LogP contribution is 2.28. The molecular weight excluding hydrogens is 348 g/mol. The topological polar surface area (TPSA) is 65.2 Å². The van der Waals surface area contributed by atoms with Crippen LogP contribution >= 0.6 is 11.8 Å². The molecule has 6 nitrogen and oxygen atoms in total. The third-order valence-electron chi connectivity index (χ3n) is 3.16. The molecule has 3 rings (SSSR count). The highest BCUT2D eigenvalue weighted by atomic mass is 32.2. The number of alkyl halides is 2. The van der Waals surface area contributed by atoms with Crippen LogP contribution in [0, 0.1) is 0 Å². The van der Waals surface area contributed by atoms with E-state index in [4.69, 9.17) is 4.74 Å². The molecule has 0 saturated carbocycles. The summed E-state index contributed by atoms with van der Waals surface area (Å²) in [5.74, 6) is -1.60. The van der Waals surface area contributed by atoms with Crippen molar-refractivity contribution in [1.82, 2.24) is 19.9 Å². The van der Waals surface area contributed by atoms with Crippen LogP contribution in [0.2, 0.25) is 0 Å². The van der Waals surface area contributed by atoms with Gasteiger partial charge in [-0.3, -0.25) is 4.98 Å². The van der Waals surface area contributed by atoms with Gasteiger partial charge in [-0.05, 0) is 42.1 Å². The van der Waals surface area contributed by atoms with E-state index < -0.39 is 5.76 Å². The second-order valence-corrected chi connectivity index (χ2v) is 5.71. The van der Waals surface area contributed by atoms with Gasteiger partial charge in [-0.1, -0.05) is 6.07 Å². The van der Waals surface area contributed by atoms with Crippen LogP contribution in [0.4, 0.5) is 8.78 Å². The highest BCUT2D eigenvalue weighted by molar-refractivity contribution is 7.99. The summed E-state index contributed by atoms with van der Waals surface area (Å²) >= 11 is 0.285. The van der Waals surface area contributed by atoms with Crippen molar-refractivity contribution < 1.29 is 13.5 Å². The average molecular weight is 361 g/mol. The second kappa shape index (κ2) is 7.84. The van der Waals surface area contributed by atoms with E-state index in [0.29, 0.717) is 17.1 Å². The van der Waals surface area contributed by atoms with Crippen molar-refractivity contribution in [2.75, 3.05) is 7.11 Å². The summed E-state index contributed by atoms with van der Waals surface area (Å²) in [5.41, 5.74) is 1.41. The minimum Gasteiger partial charge on any atom is -0.497 e. The van der Waals surface area contributed by atoms with Crippen LogP contribution in [0.3, 0.4) is 0 Å². The van der Waals surface area contributed by atoms with Crippen molar-refractivity contribution in [2.24, 2.45) is 5.10 Å². The molecule has 0 amide bonds. The van der Waals surface area contributed by atoms with Gasteiger partial charge < -0.3 is 4.74 Å². The lowest BCUT2D eigenvalue weighted by Gasteiger charge is -2.05. The van der Waals surface area contributed by atoms with Crippen molar-refractivity contribution in [2.45, 2.75) is 10.9 Å². The van der Waals surface area contributed by atoms with E-state index in [9.17, 15) is 8.78 Å². The first-order valence-electron chi connectivity index (χ1n) is 7.16. The summed E-state index contributed by atoms with van der Waals surface area (Å²) in [4.78, 5) is 3.98. The molecule has 0 aliphatic heterocycles. The fraction of sp³-hybridized carbons (Fsp3) is 0.125. The van der Waals surface area contributed by atoms with E-state index >= 15 is 0 Å². The van der Waals surface area contributed by atoms with E-state index in [1.807, 2.05) is 0 Å². The molecule has 2 aromatic heterocycles. The van der Waals surface area contributed by atoms with E-state index in [1.165, 1.54) is 10.9 Å². The molecule has 128 valence electrons. The number of methoxy groups -OCH3 is 1. The molecule has 1 aromatic carbocycles. The summed E-state index contributed by atoms with van der Waals surface area (Å²) in [5, 5.41) is 12.1. The Bertz CT molecular complexity index is 853. The maximum atomic E-state index is 12.8. The van der Waals surface area contributed by atoms with Crippen molar-refractivity contribution in [3.05, 3.63) is 54.4 Å². The van der Waals surface area contributed by atoms with Crippen LogP contribution in [0.5, 0.6) is 5.75 Å². The maximum Gasteiger partial charge on any atom is 0.291 e. The van der Waals surface area contributed by atoms with E-state index in [0.717, 1.165) is 5.56 Å². The molecule has 0 radical (unpaired) electrons. The van der Waals surface area contributed by atoms with Crippen LogP contribution < -0.4 is 4.74 Å². The first-order valence-corrected chi connectivity index (χ1v) is 8.04. The zero-order valence-electron chi connectivity index (χ0n) is 13.1. The third-order valence-corrected chi connectivity index (χ3v) is 3.81. The standard InChI is InChI=1S/C16H13F2N5OS/c1-24-13-6-4-12(5-7-13)14-21-22-16(25-15(17)18)23(14)20-10-11-3-2-8-19-9-11/h2-10,15H,1H3/b20-10-. The Morgan fingerprint density at radius 2 is 2.00 bits per heavy atom. The number of hydrogen-bond acceptors (Lipinski definition) is 6. The summed E-state index contributed by atoms with van der Waals surface area (Å²) in [6, 6.07) is 10.6. The Morgan fingerprint density at radius 1 is 1.20 bits per heavy atom. The summed E-state index contributed by atoms with van der Waals surface area (Å²) in [6.07, 6.45) is 4.76. The lowest BCUT2D eigenvalue weighted by molar-refractivity contribution is 0.251. The largest absolute Gasteiger partial charge is 0.497 e. The van der Waals surface area contributed by atoms with Crippen LogP contribution in [-0.4, -0.2) is 38.9 Å². The van der Waals surface area contributed by atoms with Gasteiger partial charge in [-0.25, -0.2) is 0 Å². The highest BCUT2D eigenvalue weighted by Gasteiger charge is 2.18. The minimum absolute atomic E-state index is 0.000887. The van der Waals surface area contributed by atoms with Gasteiger partial charge in [0.25, 0.3) is 5.76 Å². The number of halogens is 2. The maximum absolute atomic E-state index is 12.8. The van der Waals surface area contributed by atoms with Crippen molar-refractivity contribution in [3.8, 4) is 17.1 Å². The van der Waals surface area contributed by atoms with Gasteiger partial charge in [0.15, 0.2) is 5.82 Å². The van der Waals surface area contributed by atoms with E-state index in [-0.39, 0.29) is 16.9 Å². The molecule has 0 atom stereocenters. The molecule has 2 heterocycles. The Morgan fingerprint density at radius 3 is 2.64 bits per heavy atom. The molecule has 25 heavy (non-hydrogen) atoms. The fourth-order valence-corrected chi connectivity index (χ4v) is 2.50. The minimum atomic E-state index is -2.62. The number of benzene rings is 1. The number of rotatable bonds is 6. The number of aromatic nitrogens is 4. The van der Waals surface area contributed by atoms with Crippen LogP contribution in [0.1, 0.15) is 5.56 Å². The number of ether oxygens (including phenoxy) is 1. The SMILES string of the molecule is COc1ccc(-c2nnc(SC(F)F)n2/N=C\c2cccnc2)cc1. The van der Waals surface area contributed by atoms with Crippen LogP contribution in [0.25, 0.3) is 11.4 Å². The smallest absolute Gasteiger partial charge is 0.291 e. The van der Waals surface area contributed by atoms with Gasteiger partial charge in [0.1, 0.15) is 5.75 Å². The number of pyridine rings is 1. The Balaban J connectivity index is 1.99. The molecule has 3 aromatic rings. The Hall–Kier alpha value is -2.81. The third kappa shape index (κ3) is 4.18. The number of hydrogen-bond donors (Lipinski definition) is 0. The summed E-state index contributed by atoms with van der Waals surface area (Å²) < 4.78 is 32.0. The first kappa shape index (κ1) is 17.0. The normalized spacial score (nSPS) is 11.4. The molecule has 0 bridgehead atoms. The first-order chi connectivity index (χ1) is 12.2. The van der Waals surface area contributed by atoms with Gasteiger partial charge in [0.05, 0.1) is 13.3 Å². The Kier molecular flexibility index (Phi) is 5.34. The number of thioether (sulfide) groups is 1. The Labute approximate surface area is 146 Å². The molecule has 0 fully saturated rings. The molecular formula is C16H13F2N5OS. The van der Waals surface area contributed by atoms with Crippen LogP contribution in [-0.2, 0) is 0 Å². The van der Waals surface area contributed by atoms with Gasteiger partial charge in [-0.2, -0.15) is 18.6 Å². The summed E-state index contributed by atoms with van der Waals surface area (Å²) in [7, 11) is 1.56. The van der Waals surface area contributed by atoms with Crippen molar-refractivity contribution in [1.29, 1.82) is 0 Å². The summed E-state index contributed by atoms with van der Waals surface area (Å²) in [6.45, 7) is 0.